The smallest absolute Gasteiger partial charge is 0.0171 e. The molecule has 2 saturated carbocycles. The average molecular weight is 250 g/mol. The highest BCUT2D eigenvalue weighted by molar-refractivity contribution is 4.91. The van der Waals surface area contributed by atoms with Crippen LogP contribution in [-0.4, -0.2) is 30.1 Å². The SMILES string of the molecule is CCC(C1CCC1)N1CC(N)CC(CC2CC2)C1. The Morgan fingerprint density at radius 2 is 1.89 bits per heavy atom. The second-order valence-electron chi connectivity index (χ2n) is 7.16. The molecule has 18 heavy (non-hydrogen) atoms. The van der Waals surface area contributed by atoms with Gasteiger partial charge in [0.2, 0.25) is 0 Å². The molecule has 0 aromatic rings. The van der Waals surface area contributed by atoms with Crippen LogP contribution in [0.15, 0.2) is 0 Å². The van der Waals surface area contributed by atoms with Crippen molar-refractivity contribution in [2.75, 3.05) is 13.1 Å². The molecule has 0 aromatic carbocycles. The van der Waals surface area contributed by atoms with Gasteiger partial charge >= 0.3 is 0 Å². The van der Waals surface area contributed by atoms with E-state index in [9.17, 15) is 0 Å². The summed E-state index contributed by atoms with van der Waals surface area (Å²) < 4.78 is 0. The van der Waals surface area contributed by atoms with Crippen molar-refractivity contribution in [3.05, 3.63) is 0 Å². The van der Waals surface area contributed by atoms with Gasteiger partial charge in [0.25, 0.3) is 0 Å². The average Bonchev–Trinajstić information content (AvgIpc) is 3.06. The zero-order valence-corrected chi connectivity index (χ0v) is 12.0. The van der Waals surface area contributed by atoms with E-state index in [4.69, 9.17) is 5.73 Å². The Labute approximate surface area is 112 Å². The normalized spacial score (nSPS) is 36.3. The van der Waals surface area contributed by atoms with Crippen LogP contribution in [-0.2, 0) is 0 Å². The van der Waals surface area contributed by atoms with Crippen LogP contribution < -0.4 is 5.73 Å². The zero-order valence-electron chi connectivity index (χ0n) is 12.0. The Hall–Kier alpha value is -0.0800. The van der Waals surface area contributed by atoms with Crippen LogP contribution in [0.1, 0.15) is 58.3 Å². The number of hydrogen-bond donors (Lipinski definition) is 1. The van der Waals surface area contributed by atoms with Crippen molar-refractivity contribution in [1.82, 2.24) is 4.90 Å². The summed E-state index contributed by atoms with van der Waals surface area (Å²) >= 11 is 0. The summed E-state index contributed by atoms with van der Waals surface area (Å²) in [7, 11) is 0. The molecule has 0 bridgehead atoms. The molecule has 2 heteroatoms. The van der Waals surface area contributed by atoms with Gasteiger partial charge in [-0.15, -0.1) is 0 Å². The highest BCUT2D eigenvalue weighted by Crippen LogP contribution is 2.39. The zero-order chi connectivity index (χ0) is 12.5. The third-order valence-corrected chi connectivity index (χ3v) is 5.54. The number of piperidine rings is 1. The van der Waals surface area contributed by atoms with E-state index in [0.29, 0.717) is 6.04 Å². The molecule has 1 heterocycles. The second-order valence-corrected chi connectivity index (χ2v) is 7.16. The van der Waals surface area contributed by atoms with E-state index in [1.807, 2.05) is 0 Å². The third kappa shape index (κ3) is 2.91. The maximum Gasteiger partial charge on any atom is 0.0171 e. The second kappa shape index (κ2) is 5.50. The van der Waals surface area contributed by atoms with Gasteiger partial charge < -0.3 is 5.73 Å². The maximum atomic E-state index is 6.32. The van der Waals surface area contributed by atoms with Crippen molar-refractivity contribution in [1.29, 1.82) is 0 Å². The van der Waals surface area contributed by atoms with Crippen LogP contribution in [0.2, 0.25) is 0 Å². The van der Waals surface area contributed by atoms with Crippen molar-refractivity contribution >= 4 is 0 Å². The first-order valence-electron chi connectivity index (χ1n) is 8.26. The molecular formula is C16H30N2. The van der Waals surface area contributed by atoms with E-state index in [1.165, 1.54) is 57.9 Å². The summed E-state index contributed by atoms with van der Waals surface area (Å²) in [5, 5.41) is 0. The van der Waals surface area contributed by atoms with Gasteiger partial charge in [0, 0.05) is 25.2 Å². The van der Waals surface area contributed by atoms with Crippen molar-refractivity contribution in [2.45, 2.75) is 70.4 Å². The molecule has 3 unspecified atom stereocenters. The highest BCUT2D eigenvalue weighted by Gasteiger charge is 2.36. The minimum Gasteiger partial charge on any atom is -0.327 e. The van der Waals surface area contributed by atoms with E-state index in [-0.39, 0.29) is 0 Å². The van der Waals surface area contributed by atoms with Gasteiger partial charge in [0.1, 0.15) is 0 Å². The molecule has 2 N–H and O–H groups in total. The van der Waals surface area contributed by atoms with Gasteiger partial charge in [0.15, 0.2) is 0 Å². The first-order chi connectivity index (χ1) is 8.76. The minimum atomic E-state index is 0.441. The molecule has 1 aliphatic heterocycles. The molecule has 0 radical (unpaired) electrons. The summed E-state index contributed by atoms with van der Waals surface area (Å²) in [5.74, 6) is 2.95. The lowest BCUT2D eigenvalue weighted by Crippen LogP contribution is -2.53. The Bertz CT molecular complexity index is 268. The molecule has 2 aliphatic carbocycles. The molecular weight excluding hydrogens is 220 g/mol. The predicted molar refractivity (Wildman–Crippen MR) is 76.4 cm³/mol. The third-order valence-electron chi connectivity index (χ3n) is 5.54. The van der Waals surface area contributed by atoms with Crippen LogP contribution in [0, 0.1) is 17.8 Å². The van der Waals surface area contributed by atoms with Gasteiger partial charge in [-0.05, 0) is 49.9 Å². The molecule has 3 aliphatic rings. The fourth-order valence-electron chi connectivity index (χ4n) is 4.27. The topological polar surface area (TPSA) is 29.3 Å². The first kappa shape index (κ1) is 12.9. The lowest BCUT2D eigenvalue weighted by Gasteiger charge is -2.46. The lowest BCUT2D eigenvalue weighted by molar-refractivity contribution is 0.0435. The van der Waals surface area contributed by atoms with Crippen LogP contribution in [0.4, 0.5) is 0 Å². The van der Waals surface area contributed by atoms with E-state index in [2.05, 4.69) is 11.8 Å². The standard InChI is InChI=1S/C16H30N2/c1-2-16(14-4-3-5-14)18-10-13(8-12-6-7-12)9-15(17)11-18/h12-16H,2-11,17H2,1H3. The number of nitrogens with two attached hydrogens (primary N) is 1. The number of rotatable bonds is 5. The molecule has 1 saturated heterocycles. The van der Waals surface area contributed by atoms with Crippen LogP contribution in [0.3, 0.4) is 0 Å². The van der Waals surface area contributed by atoms with E-state index < -0.39 is 0 Å². The monoisotopic (exact) mass is 250 g/mol. The molecule has 0 aromatic heterocycles. The largest absolute Gasteiger partial charge is 0.327 e. The molecule has 3 fully saturated rings. The summed E-state index contributed by atoms with van der Waals surface area (Å²) in [6.45, 7) is 4.88. The quantitative estimate of drug-likeness (QED) is 0.812. The molecule has 104 valence electrons. The Balaban J connectivity index is 1.58. The van der Waals surface area contributed by atoms with Crippen molar-refractivity contribution < 1.29 is 0 Å². The Kier molecular flexibility index (Phi) is 3.95. The van der Waals surface area contributed by atoms with E-state index in [1.54, 1.807) is 0 Å². The Morgan fingerprint density at radius 1 is 1.11 bits per heavy atom. The van der Waals surface area contributed by atoms with Crippen LogP contribution in [0.5, 0.6) is 0 Å². The molecule has 0 amide bonds. The summed E-state index contributed by atoms with van der Waals surface area (Å²) in [4.78, 5) is 2.77. The summed E-state index contributed by atoms with van der Waals surface area (Å²) in [5.41, 5.74) is 6.32. The lowest BCUT2D eigenvalue weighted by atomic mass is 9.77. The fraction of sp³-hybridized carbons (Fsp3) is 1.00. The summed E-state index contributed by atoms with van der Waals surface area (Å²) in [6.07, 6.45) is 11.5. The number of nitrogens with zero attached hydrogens (tertiary/aromatic N) is 1. The maximum absolute atomic E-state index is 6.32. The van der Waals surface area contributed by atoms with Gasteiger partial charge in [-0.3, -0.25) is 4.90 Å². The molecule has 2 nitrogen and oxygen atoms in total. The van der Waals surface area contributed by atoms with Crippen molar-refractivity contribution in [3.8, 4) is 0 Å². The van der Waals surface area contributed by atoms with Gasteiger partial charge in [-0.2, -0.15) is 0 Å². The molecule has 3 rings (SSSR count). The van der Waals surface area contributed by atoms with Gasteiger partial charge in [0.05, 0.1) is 0 Å². The summed E-state index contributed by atoms with van der Waals surface area (Å²) in [6, 6.07) is 1.28. The van der Waals surface area contributed by atoms with Crippen LogP contribution in [0.25, 0.3) is 0 Å². The predicted octanol–water partition coefficient (Wildman–Crippen LogP) is 3.01. The first-order valence-corrected chi connectivity index (χ1v) is 8.26. The number of likely N-dealkylation sites (tertiary alicyclic amines) is 1. The van der Waals surface area contributed by atoms with Crippen molar-refractivity contribution in [2.24, 2.45) is 23.5 Å². The minimum absolute atomic E-state index is 0.441. The Morgan fingerprint density at radius 3 is 2.44 bits per heavy atom. The number of hydrogen-bond acceptors (Lipinski definition) is 2. The van der Waals surface area contributed by atoms with Crippen LogP contribution >= 0.6 is 0 Å². The van der Waals surface area contributed by atoms with Gasteiger partial charge in [-0.25, -0.2) is 0 Å². The fourth-order valence-corrected chi connectivity index (χ4v) is 4.27. The van der Waals surface area contributed by atoms with Gasteiger partial charge in [-0.1, -0.05) is 26.2 Å². The molecule has 3 atom stereocenters. The highest BCUT2D eigenvalue weighted by atomic mass is 15.2. The molecule has 0 spiro atoms. The van der Waals surface area contributed by atoms with E-state index in [0.717, 1.165) is 30.3 Å². The van der Waals surface area contributed by atoms with E-state index >= 15 is 0 Å². The van der Waals surface area contributed by atoms with Crippen molar-refractivity contribution in [3.63, 3.8) is 0 Å².